The highest BCUT2D eigenvalue weighted by Crippen LogP contribution is 2.46. The van der Waals surface area contributed by atoms with E-state index in [2.05, 4.69) is 39.8 Å². The quantitative estimate of drug-likeness (QED) is 0.523. The minimum atomic E-state index is -0.264. The molecule has 0 bridgehead atoms. The highest BCUT2D eigenvalue weighted by atomic mass is 35.5. The van der Waals surface area contributed by atoms with Crippen LogP contribution in [0, 0.1) is 11.3 Å². The van der Waals surface area contributed by atoms with E-state index in [0.29, 0.717) is 17.5 Å². The number of piperazine rings is 1. The molecule has 10 heteroatoms. The molecule has 4 heterocycles. The SMILES string of the molecule is CC1CN(c2ncnc3c(-n4cc(Cl)c(C#N)n4)ccc(C4CC4)c23)CCN1C(=O)C1(C)CCS1. The highest BCUT2D eigenvalue weighted by Gasteiger charge is 2.45. The monoisotopic (exact) mass is 507 g/mol. The molecule has 2 atom stereocenters. The number of nitriles is 1. The van der Waals surface area contributed by atoms with Gasteiger partial charge in [0.1, 0.15) is 23.7 Å². The lowest BCUT2D eigenvalue weighted by atomic mass is 10.0. The van der Waals surface area contributed by atoms with Crippen molar-refractivity contribution < 1.29 is 4.79 Å². The lowest BCUT2D eigenvalue weighted by Crippen LogP contribution is -2.60. The number of hydrogen-bond acceptors (Lipinski definition) is 7. The molecule has 1 aromatic carbocycles. The Morgan fingerprint density at radius 1 is 1.29 bits per heavy atom. The van der Waals surface area contributed by atoms with Crippen LogP contribution in [-0.2, 0) is 4.79 Å². The summed E-state index contributed by atoms with van der Waals surface area (Å²) in [6.07, 6.45) is 6.52. The largest absolute Gasteiger partial charge is 0.352 e. The molecule has 1 amide bonds. The number of aromatic nitrogens is 4. The van der Waals surface area contributed by atoms with Crippen molar-refractivity contribution in [1.29, 1.82) is 5.26 Å². The summed E-state index contributed by atoms with van der Waals surface area (Å²) in [6, 6.07) is 6.28. The van der Waals surface area contributed by atoms with Gasteiger partial charge in [-0.25, -0.2) is 14.6 Å². The van der Waals surface area contributed by atoms with Gasteiger partial charge < -0.3 is 9.80 Å². The van der Waals surface area contributed by atoms with Crippen LogP contribution in [0.5, 0.6) is 0 Å². The van der Waals surface area contributed by atoms with Crippen molar-refractivity contribution >= 4 is 46.0 Å². The van der Waals surface area contributed by atoms with E-state index in [1.165, 1.54) is 5.56 Å². The average Bonchev–Trinajstić information content (AvgIpc) is 3.62. The summed E-state index contributed by atoms with van der Waals surface area (Å²) in [5, 5.41) is 15.0. The van der Waals surface area contributed by atoms with Gasteiger partial charge in [-0.05, 0) is 56.4 Å². The van der Waals surface area contributed by atoms with Crippen LogP contribution in [0.3, 0.4) is 0 Å². The van der Waals surface area contributed by atoms with Gasteiger partial charge in [0.15, 0.2) is 5.69 Å². The Bertz CT molecular complexity index is 1370. The molecule has 8 nitrogen and oxygen atoms in total. The molecule has 3 aliphatic rings. The number of carbonyl (C=O) groups is 1. The first-order chi connectivity index (χ1) is 16.9. The van der Waals surface area contributed by atoms with Gasteiger partial charge in [-0.1, -0.05) is 17.7 Å². The van der Waals surface area contributed by atoms with E-state index in [0.717, 1.165) is 60.5 Å². The zero-order chi connectivity index (χ0) is 24.3. The minimum absolute atomic E-state index is 0.0926. The Hall–Kier alpha value is -2.83. The molecular formula is C25H26ClN7OS. The maximum absolute atomic E-state index is 13.2. The topological polar surface area (TPSA) is 90.9 Å². The first-order valence-electron chi connectivity index (χ1n) is 12.0. The second-order valence-corrected chi connectivity index (χ2v) is 11.9. The molecule has 1 aliphatic carbocycles. The lowest BCUT2D eigenvalue weighted by molar-refractivity contribution is -0.136. The molecule has 35 heavy (non-hydrogen) atoms. The van der Waals surface area contributed by atoms with E-state index in [4.69, 9.17) is 16.6 Å². The fourth-order valence-electron chi connectivity index (χ4n) is 5.21. The van der Waals surface area contributed by atoms with Gasteiger partial charge in [0.05, 0.1) is 21.7 Å². The number of halogens is 1. The standard InChI is InChI=1S/C25H26ClN7OS/c1-15-12-31(8-9-32(15)24(34)25(2)7-10-35-25)23-21-17(16-3-4-16)5-6-20(22(21)28-14-29-23)33-13-18(26)19(11-27)30-33/h5-6,13-16H,3-4,7-10,12H2,1-2H3. The second-order valence-electron chi connectivity index (χ2n) is 9.87. The van der Waals surface area contributed by atoms with E-state index in [1.54, 1.807) is 29.0 Å². The van der Waals surface area contributed by atoms with Crippen LogP contribution in [0.1, 0.15) is 50.3 Å². The third-order valence-corrected chi connectivity index (χ3v) is 9.16. The number of fused-ring (bicyclic) bond motifs is 1. The number of amides is 1. The van der Waals surface area contributed by atoms with E-state index >= 15 is 0 Å². The van der Waals surface area contributed by atoms with E-state index < -0.39 is 0 Å². The number of nitrogens with zero attached hydrogens (tertiary/aromatic N) is 7. The maximum Gasteiger partial charge on any atom is 0.238 e. The second kappa shape index (κ2) is 8.38. The first-order valence-corrected chi connectivity index (χ1v) is 13.4. The fourth-order valence-corrected chi connectivity index (χ4v) is 6.44. The predicted octanol–water partition coefficient (Wildman–Crippen LogP) is 4.15. The third kappa shape index (κ3) is 3.74. The predicted molar refractivity (Wildman–Crippen MR) is 137 cm³/mol. The van der Waals surface area contributed by atoms with Gasteiger partial charge in [0, 0.05) is 31.1 Å². The maximum atomic E-state index is 13.2. The van der Waals surface area contributed by atoms with Gasteiger partial charge in [-0.2, -0.15) is 10.4 Å². The van der Waals surface area contributed by atoms with Crippen LogP contribution < -0.4 is 4.90 Å². The average molecular weight is 508 g/mol. The van der Waals surface area contributed by atoms with Crippen molar-refractivity contribution in [3.63, 3.8) is 0 Å². The Morgan fingerprint density at radius 2 is 2.09 bits per heavy atom. The van der Waals surface area contributed by atoms with Crippen LogP contribution in [0.2, 0.25) is 5.02 Å². The summed E-state index contributed by atoms with van der Waals surface area (Å²) < 4.78 is 1.37. The molecule has 3 aromatic rings. The van der Waals surface area contributed by atoms with Crippen LogP contribution in [0.15, 0.2) is 24.7 Å². The lowest BCUT2D eigenvalue weighted by Gasteiger charge is -2.46. The van der Waals surface area contributed by atoms with Gasteiger partial charge >= 0.3 is 0 Å². The third-order valence-electron chi connectivity index (χ3n) is 7.46. The molecular weight excluding hydrogens is 482 g/mol. The molecule has 0 N–H and O–H groups in total. The van der Waals surface area contributed by atoms with Crippen molar-refractivity contribution in [2.75, 3.05) is 30.3 Å². The summed E-state index contributed by atoms with van der Waals surface area (Å²) in [4.78, 5) is 27.0. The number of anilines is 1. The minimum Gasteiger partial charge on any atom is -0.352 e. The molecule has 180 valence electrons. The van der Waals surface area contributed by atoms with E-state index in [1.807, 2.05) is 12.1 Å². The normalized spacial score (nSPS) is 24.3. The molecule has 0 spiro atoms. The molecule has 2 aliphatic heterocycles. The summed E-state index contributed by atoms with van der Waals surface area (Å²) in [6.45, 7) is 6.33. The molecule has 3 fully saturated rings. The molecule has 2 aromatic heterocycles. The number of hydrogen-bond donors (Lipinski definition) is 0. The Labute approximate surface area is 213 Å². The molecule has 2 saturated heterocycles. The van der Waals surface area contributed by atoms with Crippen molar-refractivity contribution in [1.82, 2.24) is 24.6 Å². The number of thioether (sulfide) groups is 1. The van der Waals surface area contributed by atoms with Crippen LogP contribution >= 0.6 is 23.4 Å². The Kier molecular flexibility index (Phi) is 5.42. The zero-order valence-electron chi connectivity index (χ0n) is 19.7. The van der Waals surface area contributed by atoms with Gasteiger partial charge in [0.2, 0.25) is 5.91 Å². The highest BCUT2D eigenvalue weighted by molar-refractivity contribution is 8.02. The molecule has 1 saturated carbocycles. The number of benzene rings is 1. The van der Waals surface area contributed by atoms with Crippen LogP contribution in [-0.4, -0.2) is 66.7 Å². The first kappa shape index (κ1) is 22.6. The van der Waals surface area contributed by atoms with Crippen LogP contribution in [0.4, 0.5) is 5.82 Å². The Balaban J connectivity index is 1.39. The number of carbonyl (C=O) groups excluding carboxylic acids is 1. The Morgan fingerprint density at radius 3 is 2.71 bits per heavy atom. The summed E-state index contributed by atoms with van der Waals surface area (Å²) in [5.41, 5.74) is 3.01. The van der Waals surface area contributed by atoms with Crippen molar-refractivity contribution in [2.24, 2.45) is 0 Å². The van der Waals surface area contributed by atoms with Gasteiger partial charge in [-0.3, -0.25) is 4.79 Å². The van der Waals surface area contributed by atoms with E-state index in [-0.39, 0.29) is 22.4 Å². The summed E-state index contributed by atoms with van der Waals surface area (Å²) in [7, 11) is 0. The van der Waals surface area contributed by atoms with Crippen molar-refractivity contribution in [2.45, 2.75) is 49.8 Å². The summed E-state index contributed by atoms with van der Waals surface area (Å²) >= 11 is 7.98. The van der Waals surface area contributed by atoms with Gasteiger partial charge in [-0.15, -0.1) is 11.8 Å². The molecule has 2 unspecified atom stereocenters. The number of rotatable bonds is 4. The fraction of sp³-hybridized carbons (Fsp3) is 0.480. The van der Waals surface area contributed by atoms with Gasteiger partial charge in [0.25, 0.3) is 0 Å². The smallest absolute Gasteiger partial charge is 0.238 e. The van der Waals surface area contributed by atoms with Crippen molar-refractivity contribution in [3.8, 4) is 11.8 Å². The molecule has 6 rings (SSSR count). The molecule has 0 radical (unpaired) electrons. The van der Waals surface area contributed by atoms with Crippen LogP contribution in [0.25, 0.3) is 16.6 Å². The van der Waals surface area contributed by atoms with E-state index in [9.17, 15) is 10.1 Å². The van der Waals surface area contributed by atoms with Crippen molar-refractivity contribution in [3.05, 3.63) is 40.9 Å². The zero-order valence-corrected chi connectivity index (χ0v) is 21.3. The summed E-state index contributed by atoms with van der Waals surface area (Å²) in [5.74, 6) is 2.73.